The molecule has 2 aliphatic heterocycles. The Labute approximate surface area is 158 Å². The zero-order valence-corrected chi connectivity index (χ0v) is 16.1. The van der Waals surface area contributed by atoms with Crippen LogP contribution in [0.5, 0.6) is 0 Å². The maximum atomic E-state index is 13.2. The normalized spacial score (nSPS) is 23.6. The molecule has 0 aliphatic carbocycles. The number of rotatable bonds is 2. The van der Waals surface area contributed by atoms with E-state index < -0.39 is 23.7 Å². The number of nitrogens with zero attached hydrogens (tertiary/aromatic N) is 2. The molecule has 0 radical (unpaired) electrons. The fraction of sp³-hybridized carbons (Fsp3) is 0.650. The summed E-state index contributed by atoms with van der Waals surface area (Å²) in [4.78, 5) is 16.3. The molecule has 7 heteroatoms. The molecule has 0 saturated carbocycles. The van der Waals surface area contributed by atoms with Gasteiger partial charge in [0, 0.05) is 31.0 Å². The summed E-state index contributed by atoms with van der Waals surface area (Å²) in [6.07, 6.45) is -2.09. The van der Waals surface area contributed by atoms with Crippen LogP contribution in [0.2, 0.25) is 0 Å². The van der Waals surface area contributed by atoms with E-state index in [1.807, 2.05) is 18.2 Å². The third-order valence-electron chi connectivity index (χ3n) is 6.08. The van der Waals surface area contributed by atoms with E-state index in [4.69, 9.17) is 0 Å². The van der Waals surface area contributed by atoms with Crippen molar-refractivity contribution in [1.29, 1.82) is 0 Å². The molecule has 1 atom stereocenters. The van der Waals surface area contributed by atoms with Gasteiger partial charge in [-0.2, -0.15) is 13.2 Å². The van der Waals surface area contributed by atoms with E-state index in [9.17, 15) is 18.0 Å². The quantitative estimate of drug-likeness (QED) is 0.770. The molecular weight excluding hydrogens is 355 g/mol. The number of hydrogen-bond donors (Lipinski definition) is 1. The fourth-order valence-corrected chi connectivity index (χ4v) is 4.25. The number of hydrogen-bond acceptors (Lipinski definition) is 2. The first kappa shape index (κ1) is 19.8. The predicted molar refractivity (Wildman–Crippen MR) is 101 cm³/mol. The Balaban J connectivity index is 1.69. The van der Waals surface area contributed by atoms with Gasteiger partial charge in [-0.1, -0.05) is 13.0 Å². The highest BCUT2D eigenvalue weighted by Gasteiger charge is 2.56. The van der Waals surface area contributed by atoms with Crippen molar-refractivity contribution in [3.05, 3.63) is 24.3 Å². The molecule has 0 spiro atoms. The highest BCUT2D eigenvalue weighted by Crippen LogP contribution is 2.44. The number of benzene rings is 1. The predicted octanol–water partition coefficient (Wildman–Crippen LogP) is 5.12. The number of alkyl halides is 3. The number of anilines is 2. The largest absolute Gasteiger partial charge is 0.394 e. The molecule has 1 aromatic rings. The van der Waals surface area contributed by atoms with E-state index in [1.54, 1.807) is 6.07 Å². The molecule has 2 heterocycles. The summed E-state index contributed by atoms with van der Waals surface area (Å²) in [5.41, 5.74) is 0.388. The number of nitrogens with one attached hydrogen (secondary N) is 1. The summed E-state index contributed by atoms with van der Waals surface area (Å²) in [6.45, 7) is 7.29. The number of likely N-dealkylation sites (tertiary alicyclic amines) is 1. The lowest BCUT2D eigenvalue weighted by atomic mass is 9.88. The van der Waals surface area contributed by atoms with Crippen LogP contribution in [0.1, 0.15) is 40.0 Å². The molecule has 2 amide bonds. The molecule has 1 N–H and O–H groups in total. The van der Waals surface area contributed by atoms with Crippen molar-refractivity contribution in [2.24, 2.45) is 11.8 Å². The summed E-state index contributed by atoms with van der Waals surface area (Å²) < 4.78 is 39.7. The minimum Gasteiger partial charge on any atom is -0.371 e. The number of carbonyl (C=O) groups is 1. The minimum absolute atomic E-state index is 0.0596. The highest BCUT2D eigenvalue weighted by molar-refractivity contribution is 5.90. The monoisotopic (exact) mass is 383 g/mol. The van der Waals surface area contributed by atoms with Crippen LogP contribution in [0.25, 0.3) is 0 Å². The summed E-state index contributed by atoms with van der Waals surface area (Å²) in [6, 6.07) is 7.08. The van der Waals surface area contributed by atoms with Gasteiger partial charge in [0.2, 0.25) is 0 Å². The Morgan fingerprint density at radius 1 is 1.15 bits per heavy atom. The second kappa shape index (κ2) is 7.24. The van der Waals surface area contributed by atoms with Crippen molar-refractivity contribution >= 4 is 17.4 Å². The zero-order chi connectivity index (χ0) is 19.8. The Morgan fingerprint density at radius 2 is 1.81 bits per heavy atom. The third kappa shape index (κ3) is 4.17. The van der Waals surface area contributed by atoms with Gasteiger partial charge in [-0.05, 0) is 57.2 Å². The molecule has 2 saturated heterocycles. The lowest BCUT2D eigenvalue weighted by Gasteiger charge is -2.36. The van der Waals surface area contributed by atoms with Gasteiger partial charge in [-0.3, -0.25) is 0 Å². The maximum Gasteiger partial charge on any atom is 0.394 e. The standard InChI is InChI=1S/C20H28F3N3O/c1-14-7-10-25(11-8-14)16-6-4-5-15(13-16)24-18(27)26-12-9-17(19(26,2)3)20(21,22)23/h4-6,13-14,17H,7-12H2,1-3H3,(H,24,27)/t17-/m1/s1. The number of halogens is 3. The Kier molecular flexibility index (Phi) is 5.32. The van der Waals surface area contributed by atoms with Gasteiger partial charge >= 0.3 is 12.2 Å². The average Bonchev–Trinajstić information content (AvgIpc) is 2.91. The molecule has 4 nitrogen and oxygen atoms in total. The molecule has 0 aromatic heterocycles. The lowest BCUT2D eigenvalue weighted by molar-refractivity contribution is -0.189. The van der Waals surface area contributed by atoms with Gasteiger partial charge in [-0.15, -0.1) is 0 Å². The van der Waals surface area contributed by atoms with Crippen molar-refractivity contribution < 1.29 is 18.0 Å². The molecule has 2 fully saturated rings. The lowest BCUT2D eigenvalue weighted by Crippen LogP contribution is -2.51. The van der Waals surface area contributed by atoms with Crippen LogP contribution in [0, 0.1) is 11.8 Å². The van der Waals surface area contributed by atoms with Crippen molar-refractivity contribution in [3.8, 4) is 0 Å². The molecule has 0 bridgehead atoms. The first-order valence-electron chi connectivity index (χ1n) is 9.59. The molecule has 27 heavy (non-hydrogen) atoms. The van der Waals surface area contributed by atoms with E-state index in [-0.39, 0.29) is 13.0 Å². The van der Waals surface area contributed by atoms with Crippen molar-refractivity contribution in [1.82, 2.24) is 4.90 Å². The van der Waals surface area contributed by atoms with Gasteiger partial charge in [0.15, 0.2) is 0 Å². The van der Waals surface area contributed by atoms with Crippen LogP contribution < -0.4 is 10.2 Å². The van der Waals surface area contributed by atoms with Gasteiger partial charge in [0.25, 0.3) is 0 Å². The van der Waals surface area contributed by atoms with Gasteiger partial charge in [0.05, 0.1) is 11.5 Å². The fourth-order valence-electron chi connectivity index (χ4n) is 4.25. The maximum absolute atomic E-state index is 13.2. The topological polar surface area (TPSA) is 35.6 Å². The van der Waals surface area contributed by atoms with E-state index in [1.165, 1.54) is 18.7 Å². The smallest absolute Gasteiger partial charge is 0.371 e. The van der Waals surface area contributed by atoms with E-state index >= 15 is 0 Å². The van der Waals surface area contributed by atoms with E-state index in [2.05, 4.69) is 17.1 Å². The van der Waals surface area contributed by atoms with Crippen LogP contribution in [0.15, 0.2) is 24.3 Å². The minimum atomic E-state index is -4.30. The third-order valence-corrected chi connectivity index (χ3v) is 6.08. The Hall–Kier alpha value is -1.92. The molecule has 150 valence electrons. The zero-order valence-electron chi connectivity index (χ0n) is 16.1. The second-order valence-electron chi connectivity index (χ2n) is 8.34. The van der Waals surface area contributed by atoms with Gasteiger partial charge in [0.1, 0.15) is 0 Å². The summed E-state index contributed by atoms with van der Waals surface area (Å²) >= 11 is 0. The number of amides is 2. The average molecular weight is 383 g/mol. The Morgan fingerprint density at radius 3 is 2.41 bits per heavy atom. The van der Waals surface area contributed by atoms with Crippen molar-refractivity contribution in [2.45, 2.75) is 51.7 Å². The highest BCUT2D eigenvalue weighted by atomic mass is 19.4. The Bertz CT molecular complexity index is 681. The SMILES string of the molecule is CC1CCN(c2cccc(NC(=O)N3CC[C@@H](C(F)(F)F)C3(C)C)c2)CC1. The summed E-state index contributed by atoms with van der Waals surface area (Å²) in [7, 11) is 0. The molecule has 0 unspecified atom stereocenters. The van der Waals surface area contributed by atoms with Crippen LogP contribution in [0.3, 0.4) is 0 Å². The van der Waals surface area contributed by atoms with Crippen LogP contribution in [-0.4, -0.2) is 42.3 Å². The van der Waals surface area contributed by atoms with Crippen LogP contribution >= 0.6 is 0 Å². The first-order chi connectivity index (χ1) is 12.6. The summed E-state index contributed by atoms with van der Waals surface area (Å²) in [5.74, 6) is -0.777. The number of carbonyl (C=O) groups excluding carboxylic acids is 1. The van der Waals surface area contributed by atoms with E-state index in [0.717, 1.165) is 37.5 Å². The molecule has 1 aromatic carbocycles. The number of urea groups is 1. The number of piperidine rings is 1. The van der Waals surface area contributed by atoms with Crippen LogP contribution in [0.4, 0.5) is 29.3 Å². The van der Waals surface area contributed by atoms with Gasteiger partial charge in [-0.25, -0.2) is 4.79 Å². The van der Waals surface area contributed by atoms with E-state index in [0.29, 0.717) is 5.69 Å². The first-order valence-corrected chi connectivity index (χ1v) is 9.59. The van der Waals surface area contributed by atoms with Crippen LogP contribution in [-0.2, 0) is 0 Å². The second-order valence-corrected chi connectivity index (χ2v) is 8.34. The summed E-state index contributed by atoms with van der Waals surface area (Å²) in [5, 5.41) is 2.79. The van der Waals surface area contributed by atoms with Crippen molar-refractivity contribution in [3.63, 3.8) is 0 Å². The molecule has 2 aliphatic rings. The molecule has 3 rings (SSSR count). The molecular formula is C20H28F3N3O. The van der Waals surface area contributed by atoms with Crippen molar-refractivity contribution in [2.75, 3.05) is 29.9 Å². The van der Waals surface area contributed by atoms with Gasteiger partial charge < -0.3 is 15.1 Å².